The van der Waals surface area contributed by atoms with Crippen LogP contribution >= 0.6 is 22.7 Å². The molecule has 0 radical (unpaired) electrons. The lowest BCUT2D eigenvalue weighted by atomic mass is 10.2. The molecule has 1 aromatic carbocycles. The minimum Gasteiger partial charge on any atom is -0.489 e. The number of aromatic nitrogens is 3. The summed E-state index contributed by atoms with van der Waals surface area (Å²) in [7, 11) is 1.88. The molecule has 0 saturated heterocycles. The molecule has 0 fully saturated rings. The molecule has 9 heteroatoms. The van der Waals surface area contributed by atoms with Gasteiger partial charge in [-0.25, -0.2) is 9.37 Å². The third-order valence-corrected chi connectivity index (χ3v) is 6.05. The summed E-state index contributed by atoms with van der Waals surface area (Å²) in [6.07, 6.45) is 1.76. The molecule has 0 saturated carbocycles. The number of amides is 1. The normalized spacial score (nSPS) is 10.9. The molecular weight excluding hydrogens is 411 g/mol. The average Bonchev–Trinajstić information content (AvgIpc) is 3.42. The fourth-order valence-corrected chi connectivity index (χ4v) is 4.16. The van der Waals surface area contributed by atoms with E-state index in [9.17, 15) is 9.18 Å². The van der Waals surface area contributed by atoms with Gasteiger partial charge in [-0.2, -0.15) is 5.10 Å². The van der Waals surface area contributed by atoms with Gasteiger partial charge in [0.05, 0.1) is 16.8 Å². The van der Waals surface area contributed by atoms with Crippen molar-refractivity contribution in [2.75, 3.05) is 5.32 Å². The average molecular weight is 429 g/mol. The van der Waals surface area contributed by atoms with Gasteiger partial charge in [0.2, 0.25) is 0 Å². The van der Waals surface area contributed by atoms with E-state index in [1.807, 2.05) is 24.7 Å². The van der Waals surface area contributed by atoms with Crippen molar-refractivity contribution in [2.45, 2.75) is 13.5 Å². The number of hydrogen-bond donors (Lipinski definition) is 1. The van der Waals surface area contributed by atoms with Gasteiger partial charge in [0, 0.05) is 35.3 Å². The molecule has 4 rings (SSSR count). The minimum absolute atomic E-state index is 0.226. The summed E-state index contributed by atoms with van der Waals surface area (Å²) < 4.78 is 20.6. The van der Waals surface area contributed by atoms with Crippen molar-refractivity contribution in [3.8, 4) is 17.0 Å². The predicted octanol–water partition coefficient (Wildman–Crippen LogP) is 4.88. The Hall–Kier alpha value is -3.04. The number of carbonyl (C=O) groups is 1. The summed E-state index contributed by atoms with van der Waals surface area (Å²) in [5, 5.41) is 11.3. The Morgan fingerprint density at radius 3 is 2.90 bits per heavy atom. The third kappa shape index (κ3) is 4.36. The second kappa shape index (κ2) is 8.14. The number of rotatable bonds is 6. The molecule has 0 bridgehead atoms. The fourth-order valence-electron chi connectivity index (χ4n) is 2.66. The number of halogens is 1. The Bertz CT molecular complexity index is 1160. The maximum absolute atomic E-state index is 13.2. The highest BCUT2D eigenvalue weighted by Crippen LogP contribution is 2.28. The van der Waals surface area contributed by atoms with E-state index < -0.39 is 0 Å². The van der Waals surface area contributed by atoms with Crippen LogP contribution in [0.25, 0.3) is 11.3 Å². The first-order valence-electron chi connectivity index (χ1n) is 8.71. The number of carbonyl (C=O) groups excluding carboxylic acids is 1. The topological polar surface area (TPSA) is 69.0 Å². The van der Waals surface area contributed by atoms with Crippen molar-refractivity contribution in [3.63, 3.8) is 0 Å². The standard InChI is InChI=1S/C20H17FN4O2S2/c1-12-16(8-22-25(12)2)17-11-29-20(23-17)24-19(26)18-6-13(10-28-18)9-27-15-5-3-4-14(21)7-15/h3-8,10-11H,9H2,1-2H3,(H,23,24,26). The molecule has 0 spiro atoms. The number of thiophene rings is 1. The lowest BCUT2D eigenvalue weighted by Gasteiger charge is -2.04. The highest BCUT2D eigenvalue weighted by Gasteiger charge is 2.14. The van der Waals surface area contributed by atoms with E-state index >= 15 is 0 Å². The van der Waals surface area contributed by atoms with Crippen LogP contribution in [0.4, 0.5) is 9.52 Å². The van der Waals surface area contributed by atoms with Gasteiger partial charge in [0.25, 0.3) is 5.91 Å². The Balaban J connectivity index is 1.39. The van der Waals surface area contributed by atoms with Crippen LogP contribution in [0.5, 0.6) is 5.75 Å². The molecule has 148 valence electrons. The van der Waals surface area contributed by atoms with Crippen LogP contribution in [0.15, 0.2) is 47.3 Å². The zero-order chi connectivity index (χ0) is 20.4. The van der Waals surface area contributed by atoms with Crippen molar-refractivity contribution in [2.24, 2.45) is 7.05 Å². The van der Waals surface area contributed by atoms with E-state index in [-0.39, 0.29) is 18.3 Å². The molecule has 0 aliphatic heterocycles. The number of thiazole rings is 1. The first-order chi connectivity index (χ1) is 14.0. The second-order valence-electron chi connectivity index (χ2n) is 6.32. The first-order valence-corrected chi connectivity index (χ1v) is 10.5. The number of aryl methyl sites for hydroxylation is 1. The first kappa shape index (κ1) is 19.3. The van der Waals surface area contributed by atoms with E-state index in [0.29, 0.717) is 15.8 Å². The highest BCUT2D eigenvalue weighted by molar-refractivity contribution is 7.14. The van der Waals surface area contributed by atoms with Crippen LogP contribution in [-0.2, 0) is 13.7 Å². The molecule has 0 unspecified atom stereocenters. The van der Waals surface area contributed by atoms with E-state index in [2.05, 4.69) is 15.4 Å². The van der Waals surface area contributed by atoms with E-state index in [1.165, 1.54) is 34.8 Å². The summed E-state index contributed by atoms with van der Waals surface area (Å²) >= 11 is 2.69. The summed E-state index contributed by atoms with van der Waals surface area (Å²) in [6, 6.07) is 7.72. The van der Waals surface area contributed by atoms with Crippen LogP contribution in [-0.4, -0.2) is 20.7 Å². The molecule has 3 heterocycles. The van der Waals surface area contributed by atoms with Crippen molar-refractivity contribution < 1.29 is 13.9 Å². The molecule has 4 aromatic rings. The Labute approximate surface area is 174 Å². The van der Waals surface area contributed by atoms with Gasteiger partial charge in [-0.15, -0.1) is 22.7 Å². The van der Waals surface area contributed by atoms with Crippen LogP contribution in [0.3, 0.4) is 0 Å². The predicted molar refractivity (Wildman–Crippen MR) is 112 cm³/mol. The fraction of sp³-hybridized carbons (Fsp3) is 0.150. The van der Waals surface area contributed by atoms with Crippen molar-refractivity contribution in [1.29, 1.82) is 0 Å². The molecular formula is C20H17FN4O2S2. The molecule has 6 nitrogen and oxygen atoms in total. The highest BCUT2D eigenvalue weighted by atomic mass is 32.1. The molecule has 29 heavy (non-hydrogen) atoms. The smallest absolute Gasteiger partial charge is 0.267 e. The number of nitrogens with zero attached hydrogens (tertiary/aromatic N) is 3. The summed E-state index contributed by atoms with van der Waals surface area (Å²) in [6.45, 7) is 2.23. The largest absolute Gasteiger partial charge is 0.489 e. The maximum Gasteiger partial charge on any atom is 0.267 e. The van der Waals surface area contributed by atoms with Gasteiger partial charge in [0.1, 0.15) is 18.2 Å². The quantitative estimate of drug-likeness (QED) is 0.475. The second-order valence-corrected chi connectivity index (χ2v) is 8.09. The molecule has 1 amide bonds. The van der Waals surface area contributed by atoms with E-state index in [4.69, 9.17) is 4.74 Å². The molecule has 3 aromatic heterocycles. The Kier molecular flexibility index (Phi) is 5.41. The van der Waals surface area contributed by atoms with Crippen molar-refractivity contribution in [1.82, 2.24) is 14.8 Å². The SMILES string of the molecule is Cc1c(-c2csc(NC(=O)c3cc(COc4cccc(F)c4)cs3)n2)cnn1C. The molecule has 0 aliphatic carbocycles. The van der Waals surface area contributed by atoms with Crippen LogP contribution in [0.2, 0.25) is 0 Å². The number of hydrogen-bond acceptors (Lipinski definition) is 6. The lowest BCUT2D eigenvalue weighted by Crippen LogP contribution is -2.09. The monoisotopic (exact) mass is 428 g/mol. The zero-order valence-electron chi connectivity index (χ0n) is 15.7. The number of nitrogens with one attached hydrogen (secondary N) is 1. The molecule has 0 atom stereocenters. The third-order valence-electron chi connectivity index (χ3n) is 4.31. The van der Waals surface area contributed by atoms with Crippen LogP contribution in [0, 0.1) is 12.7 Å². The van der Waals surface area contributed by atoms with Crippen LogP contribution in [0.1, 0.15) is 20.9 Å². The summed E-state index contributed by atoms with van der Waals surface area (Å²) in [5.74, 6) is -0.129. The van der Waals surface area contributed by atoms with E-state index in [1.54, 1.807) is 29.1 Å². The van der Waals surface area contributed by atoms with Crippen molar-refractivity contribution >= 4 is 33.7 Å². The Morgan fingerprint density at radius 1 is 1.28 bits per heavy atom. The Morgan fingerprint density at radius 2 is 2.14 bits per heavy atom. The lowest BCUT2D eigenvalue weighted by molar-refractivity contribution is 0.103. The van der Waals surface area contributed by atoms with Crippen LogP contribution < -0.4 is 10.1 Å². The number of anilines is 1. The van der Waals surface area contributed by atoms with Gasteiger partial charge in [-0.1, -0.05) is 6.07 Å². The van der Waals surface area contributed by atoms with Crippen molar-refractivity contribution in [3.05, 3.63) is 69.2 Å². The maximum atomic E-state index is 13.2. The van der Waals surface area contributed by atoms with Gasteiger partial charge in [-0.05, 0) is 30.5 Å². The molecule has 1 N–H and O–H groups in total. The van der Waals surface area contributed by atoms with Gasteiger partial charge in [0.15, 0.2) is 5.13 Å². The summed E-state index contributed by atoms with van der Waals surface area (Å²) in [4.78, 5) is 17.6. The number of benzene rings is 1. The minimum atomic E-state index is -0.350. The van der Waals surface area contributed by atoms with Gasteiger partial charge >= 0.3 is 0 Å². The summed E-state index contributed by atoms with van der Waals surface area (Å²) in [5.41, 5.74) is 3.58. The molecule has 0 aliphatic rings. The van der Waals surface area contributed by atoms with Gasteiger partial charge in [-0.3, -0.25) is 14.8 Å². The zero-order valence-corrected chi connectivity index (χ0v) is 17.3. The van der Waals surface area contributed by atoms with Gasteiger partial charge < -0.3 is 4.74 Å². The van der Waals surface area contributed by atoms with E-state index in [0.717, 1.165) is 22.5 Å². The number of ether oxygens (including phenoxy) is 1.